The second kappa shape index (κ2) is 11.8. The van der Waals surface area contributed by atoms with Crippen LogP contribution >= 0.6 is 0 Å². The minimum Gasteiger partial charge on any atom is -0.489 e. The van der Waals surface area contributed by atoms with Crippen LogP contribution in [0.3, 0.4) is 0 Å². The Hall–Kier alpha value is -3.09. The van der Waals surface area contributed by atoms with Gasteiger partial charge in [-0.3, -0.25) is 4.79 Å². The number of carbonyl (C=O) groups excluding carboxylic acids is 1. The van der Waals surface area contributed by atoms with E-state index in [1.54, 1.807) is 31.1 Å². The van der Waals surface area contributed by atoms with E-state index in [9.17, 15) is 9.18 Å². The summed E-state index contributed by atoms with van der Waals surface area (Å²) in [6, 6.07) is 13.7. The third kappa shape index (κ3) is 7.73. The number of ether oxygens (including phenoxy) is 1. The highest BCUT2D eigenvalue weighted by atomic mass is 19.1. The van der Waals surface area contributed by atoms with Crippen LogP contribution in [0.1, 0.15) is 29.8 Å². The highest BCUT2D eigenvalue weighted by Gasteiger charge is 2.09. The molecule has 0 aliphatic heterocycles. The molecule has 0 fully saturated rings. The molecule has 0 aromatic heterocycles. The lowest BCUT2D eigenvalue weighted by Crippen LogP contribution is -2.39. The molecule has 0 aliphatic rings. The van der Waals surface area contributed by atoms with Crippen LogP contribution in [0.15, 0.2) is 53.5 Å². The van der Waals surface area contributed by atoms with Gasteiger partial charge < -0.3 is 20.3 Å². The van der Waals surface area contributed by atoms with Crippen molar-refractivity contribution in [3.05, 3.63) is 65.5 Å². The molecule has 30 heavy (non-hydrogen) atoms. The fraction of sp³-hybridized carbons (Fsp3) is 0.391. The molecule has 0 saturated carbocycles. The van der Waals surface area contributed by atoms with Crippen molar-refractivity contribution in [1.82, 2.24) is 15.5 Å². The Morgan fingerprint density at radius 1 is 1.17 bits per heavy atom. The van der Waals surface area contributed by atoms with E-state index in [4.69, 9.17) is 4.74 Å². The predicted octanol–water partition coefficient (Wildman–Crippen LogP) is 3.09. The lowest BCUT2D eigenvalue weighted by atomic mass is 10.1. The molecule has 2 N–H and O–H groups in total. The molecule has 1 amide bonds. The first-order valence-electron chi connectivity index (χ1n) is 10.1. The molecule has 2 rings (SSSR count). The fourth-order valence-corrected chi connectivity index (χ4v) is 2.81. The first-order valence-corrected chi connectivity index (χ1v) is 10.1. The van der Waals surface area contributed by atoms with E-state index in [-0.39, 0.29) is 17.8 Å². The van der Waals surface area contributed by atoms with Crippen LogP contribution in [0, 0.1) is 5.82 Å². The number of hydrogen-bond donors (Lipinski definition) is 2. The number of hydrogen-bond acceptors (Lipinski definition) is 3. The summed E-state index contributed by atoms with van der Waals surface area (Å²) in [5.74, 6) is 0.845. The van der Waals surface area contributed by atoms with E-state index in [1.807, 2.05) is 38.1 Å². The zero-order chi connectivity index (χ0) is 21.9. The van der Waals surface area contributed by atoms with Crippen LogP contribution in [0.2, 0.25) is 0 Å². The summed E-state index contributed by atoms with van der Waals surface area (Å²) < 4.78 is 19.0. The lowest BCUT2D eigenvalue weighted by Gasteiger charge is -2.15. The van der Waals surface area contributed by atoms with Gasteiger partial charge in [0.15, 0.2) is 5.96 Å². The molecule has 0 radical (unpaired) electrons. The van der Waals surface area contributed by atoms with Gasteiger partial charge in [-0.2, -0.15) is 0 Å². The predicted molar refractivity (Wildman–Crippen MR) is 119 cm³/mol. The number of aliphatic imine (C=N–C) groups is 1. The molecule has 1 unspecified atom stereocenters. The molecule has 162 valence electrons. The van der Waals surface area contributed by atoms with Crippen LogP contribution < -0.4 is 15.4 Å². The Kier molecular flexibility index (Phi) is 9.12. The van der Waals surface area contributed by atoms with Gasteiger partial charge >= 0.3 is 0 Å². The van der Waals surface area contributed by atoms with Crippen molar-refractivity contribution in [3.8, 4) is 5.75 Å². The molecular weight excluding hydrogens is 383 g/mol. The molecule has 7 heteroatoms. The quantitative estimate of drug-likeness (QED) is 0.489. The largest absolute Gasteiger partial charge is 0.489 e. The van der Waals surface area contributed by atoms with E-state index in [2.05, 4.69) is 15.6 Å². The van der Waals surface area contributed by atoms with Crippen molar-refractivity contribution in [3.63, 3.8) is 0 Å². The first-order chi connectivity index (χ1) is 14.4. The maximum atomic E-state index is 13.3. The summed E-state index contributed by atoms with van der Waals surface area (Å²) in [6.07, 6.45) is 0.560. The maximum Gasteiger partial charge on any atom is 0.253 e. The zero-order valence-electron chi connectivity index (χ0n) is 18.1. The normalized spacial score (nSPS) is 12.2. The lowest BCUT2D eigenvalue weighted by molar-refractivity contribution is 0.0827. The fourth-order valence-electron chi connectivity index (χ4n) is 2.81. The zero-order valence-corrected chi connectivity index (χ0v) is 18.1. The van der Waals surface area contributed by atoms with E-state index >= 15 is 0 Å². The number of benzene rings is 2. The van der Waals surface area contributed by atoms with Crippen molar-refractivity contribution in [2.24, 2.45) is 4.99 Å². The Labute approximate surface area is 178 Å². The number of halogens is 1. The third-order valence-electron chi connectivity index (χ3n) is 4.27. The van der Waals surface area contributed by atoms with Gasteiger partial charge in [0.2, 0.25) is 0 Å². The van der Waals surface area contributed by atoms with E-state index in [1.165, 1.54) is 12.1 Å². The number of nitrogens with zero attached hydrogens (tertiary/aromatic N) is 2. The summed E-state index contributed by atoms with van der Waals surface area (Å²) in [5, 5.41) is 6.50. The van der Waals surface area contributed by atoms with Gasteiger partial charge in [0, 0.05) is 38.8 Å². The van der Waals surface area contributed by atoms with Gasteiger partial charge in [-0.15, -0.1) is 0 Å². The number of nitrogens with one attached hydrogen (secondary N) is 2. The number of rotatable bonds is 9. The van der Waals surface area contributed by atoms with Crippen molar-refractivity contribution in [1.29, 1.82) is 0 Å². The summed E-state index contributed by atoms with van der Waals surface area (Å²) in [4.78, 5) is 18.2. The summed E-state index contributed by atoms with van der Waals surface area (Å²) in [7, 11) is 3.49. The molecule has 6 nitrogen and oxygen atoms in total. The average molecular weight is 415 g/mol. The standard InChI is InChI=1S/C23H31FN4O2/c1-5-25-23(27-16-17(2)30-21-11-7-10-20(24)15-21)26-13-12-18-8-6-9-19(14-18)22(29)28(3)4/h6-11,14-15,17H,5,12-13,16H2,1-4H3,(H2,25,26,27). The molecule has 0 aliphatic carbocycles. The molecule has 0 saturated heterocycles. The molecule has 2 aromatic carbocycles. The smallest absolute Gasteiger partial charge is 0.253 e. The minimum atomic E-state index is -0.324. The first kappa shape index (κ1) is 23.2. The van der Waals surface area contributed by atoms with Gasteiger partial charge in [-0.25, -0.2) is 9.38 Å². The van der Waals surface area contributed by atoms with Crippen molar-refractivity contribution < 1.29 is 13.9 Å². The maximum absolute atomic E-state index is 13.3. The van der Waals surface area contributed by atoms with Crippen LogP contribution in [0.5, 0.6) is 5.75 Å². The highest BCUT2D eigenvalue weighted by Crippen LogP contribution is 2.13. The van der Waals surface area contributed by atoms with E-state index < -0.39 is 0 Å². The monoisotopic (exact) mass is 414 g/mol. The Bertz CT molecular complexity index is 855. The summed E-state index contributed by atoms with van der Waals surface area (Å²) >= 11 is 0. The molecule has 0 bridgehead atoms. The second-order valence-corrected chi connectivity index (χ2v) is 7.18. The molecule has 2 aromatic rings. The Morgan fingerprint density at radius 3 is 2.63 bits per heavy atom. The third-order valence-corrected chi connectivity index (χ3v) is 4.27. The van der Waals surface area contributed by atoms with Crippen LogP contribution in [-0.2, 0) is 6.42 Å². The average Bonchev–Trinajstić information content (AvgIpc) is 2.71. The van der Waals surface area contributed by atoms with Crippen molar-refractivity contribution in [2.75, 3.05) is 33.7 Å². The minimum absolute atomic E-state index is 0.00741. The second-order valence-electron chi connectivity index (χ2n) is 7.18. The number of amides is 1. The molecule has 0 heterocycles. The van der Waals surface area contributed by atoms with Gasteiger partial charge in [-0.05, 0) is 50.1 Å². The van der Waals surface area contributed by atoms with Gasteiger partial charge in [0.05, 0.1) is 6.54 Å². The highest BCUT2D eigenvalue weighted by molar-refractivity contribution is 5.94. The van der Waals surface area contributed by atoms with Gasteiger partial charge in [0.25, 0.3) is 5.91 Å². The molecule has 0 spiro atoms. The van der Waals surface area contributed by atoms with Gasteiger partial charge in [0.1, 0.15) is 17.7 Å². The van der Waals surface area contributed by atoms with Gasteiger partial charge in [-0.1, -0.05) is 18.2 Å². The molecular formula is C23H31FN4O2. The Balaban J connectivity index is 1.87. The number of guanidine groups is 1. The van der Waals surface area contributed by atoms with Crippen molar-refractivity contribution >= 4 is 11.9 Å². The van der Waals surface area contributed by atoms with Crippen LogP contribution in [-0.4, -0.2) is 56.6 Å². The molecule has 1 atom stereocenters. The van der Waals surface area contributed by atoms with E-state index in [0.29, 0.717) is 30.4 Å². The summed E-state index contributed by atoms with van der Waals surface area (Å²) in [5.41, 5.74) is 1.76. The topological polar surface area (TPSA) is 66.0 Å². The number of carbonyl (C=O) groups is 1. The SMILES string of the molecule is CCNC(=NCC(C)Oc1cccc(F)c1)NCCc1cccc(C(=O)N(C)C)c1. The van der Waals surface area contributed by atoms with Crippen LogP contribution in [0.4, 0.5) is 4.39 Å². The Morgan fingerprint density at radius 2 is 1.93 bits per heavy atom. The summed E-state index contributed by atoms with van der Waals surface area (Å²) in [6.45, 7) is 5.73. The van der Waals surface area contributed by atoms with E-state index in [0.717, 1.165) is 18.5 Å². The van der Waals surface area contributed by atoms with Crippen LogP contribution in [0.25, 0.3) is 0 Å². The van der Waals surface area contributed by atoms with Crippen molar-refractivity contribution in [2.45, 2.75) is 26.4 Å².